The van der Waals surface area contributed by atoms with Gasteiger partial charge < -0.3 is 9.80 Å². The second-order valence-electron chi connectivity index (χ2n) is 6.30. The molecule has 0 saturated carbocycles. The molecule has 2 aliphatic rings. The van der Waals surface area contributed by atoms with Gasteiger partial charge in [0.1, 0.15) is 11.6 Å². The molecule has 0 aromatic carbocycles. The van der Waals surface area contributed by atoms with Crippen LogP contribution in [0.1, 0.15) is 37.7 Å². The monoisotopic (exact) mass is 274 g/mol. The van der Waals surface area contributed by atoms with E-state index in [1.54, 1.807) is 0 Å². The Hall–Kier alpha value is -1.16. The number of nitrogens with zero attached hydrogens (tertiary/aromatic N) is 4. The highest BCUT2D eigenvalue weighted by Crippen LogP contribution is 2.31. The van der Waals surface area contributed by atoms with E-state index in [4.69, 9.17) is 0 Å². The minimum absolute atomic E-state index is 0.786. The summed E-state index contributed by atoms with van der Waals surface area (Å²) in [5.41, 5.74) is 1.16. The molecular weight excluding hydrogens is 248 g/mol. The highest BCUT2D eigenvalue weighted by molar-refractivity contribution is 5.41. The highest BCUT2D eigenvalue weighted by atomic mass is 15.2. The minimum atomic E-state index is 0.786. The third-order valence-corrected chi connectivity index (χ3v) is 4.91. The Morgan fingerprint density at radius 3 is 2.90 bits per heavy atom. The third-order valence-electron chi connectivity index (χ3n) is 4.91. The molecule has 0 aliphatic carbocycles. The smallest absolute Gasteiger partial charge is 0.132 e. The van der Waals surface area contributed by atoms with Crippen molar-refractivity contribution >= 4 is 5.82 Å². The van der Waals surface area contributed by atoms with Gasteiger partial charge in [-0.1, -0.05) is 6.92 Å². The number of anilines is 1. The topological polar surface area (TPSA) is 32.3 Å². The molecule has 2 unspecified atom stereocenters. The number of piperidine rings is 2. The van der Waals surface area contributed by atoms with Crippen LogP contribution in [0.3, 0.4) is 0 Å². The summed E-state index contributed by atoms with van der Waals surface area (Å²) in [6, 6.07) is 2.97. The van der Waals surface area contributed by atoms with Crippen molar-refractivity contribution in [2.45, 2.75) is 45.6 Å². The summed E-state index contributed by atoms with van der Waals surface area (Å²) in [5.74, 6) is 2.85. The summed E-state index contributed by atoms with van der Waals surface area (Å²) in [6.45, 7) is 7.73. The van der Waals surface area contributed by atoms with Gasteiger partial charge in [-0.3, -0.25) is 0 Å². The van der Waals surface area contributed by atoms with E-state index in [1.165, 1.54) is 25.8 Å². The first-order chi connectivity index (χ1) is 9.67. The first-order valence-corrected chi connectivity index (χ1v) is 7.97. The van der Waals surface area contributed by atoms with Crippen LogP contribution >= 0.6 is 0 Å². The summed E-state index contributed by atoms with van der Waals surface area (Å²) in [5, 5.41) is 0. The maximum atomic E-state index is 4.66. The molecule has 110 valence electrons. The average molecular weight is 274 g/mol. The lowest BCUT2D eigenvalue weighted by Gasteiger charge is -2.46. The lowest BCUT2D eigenvalue weighted by molar-refractivity contribution is 0.102. The van der Waals surface area contributed by atoms with E-state index in [2.05, 4.69) is 39.8 Å². The molecule has 20 heavy (non-hydrogen) atoms. The zero-order chi connectivity index (χ0) is 14.1. The predicted octanol–water partition coefficient (Wildman–Crippen LogP) is 2.27. The van der Waals surface area contributed by atoms with E-state index in [0.717, 1.165) is 48.8 Å². The van der Waals surface area contributed by atoms with Crippen molar-refractivity contribution in [2.75, 3.05) is 31.6 Å². The van der Waals surface area contributed by atoms with Crippen LogP contribution in [0.25, 0.3) is 0 Å². The molecule has 0 N–H and O–H groups in total. The van der Waals surface area contributed by atoms with E-state index in [9.17, 15) is 0 Å². The zero-order valence-electron chi connectivity index (χ0n) is 13.0. The van der Waals surface area contributed by atoms with Crippen molar-refractivity contribution in [1.29, 1.82) is 0 Å². The van der Waals surface area contributed by atoms with Crippen LogP contribution in [-0.2, 0) is 6.42 Å². The second kappa shape index (κ2) is 5.68. The van der Waals surface area contributed by atoms with Crippen LogP contribution in [0.4, 0.5) is 5.82 Å². The van der Waals surface area contributed by atoms with Crippen molar-refractivity contribution < 1.29 is 0 Å². The molecule has 3 rings (SSSR count). The van der Waals surface area contributed by atoms with Gasteiger partial charge >= 0.3 is 0 Å². The number of rotatable bonds is 2. The largest absolute Gasteiger partial charge is 0.356 e. The number of aryl methyl sites for hydroxylation is 2. The molecule has 0 radical (unpaired) electrons. The Balaban J connectivity index is 1.77. The minimum Gasteiger partial charge on any atom is -0.356 e. The molecule has 0 amide bonds. The lowest BCUT2D eigenvalue weighted by atomic mass is 9.84. The van der Waals surface area contributed by atoms with E-state index < -0.39 is 0 Å². The number of likely N-dealkylation sites (tertiary alicyclic amines) is 1. The van der Waals surface area contributed by atoms with Crippen LogP contribution in [0.5, 0.6) is 0 Å². The lowest BCUT2D eigenvalue weighted by Crippen LogP contribution is -2.53. The molecule has 4 nitrogen and oxygen atoms in total. The summed E-state index contributed by atoms with van der Waals surface area (Å²) in [4.78, 5) is 14.2. The maximum Gasteiger partial charge on any atom is 0.132 e. The Bertz CT molecular complexity index is 474. The standard InChI is InChI=1S/C16H26N4/c1-4-14-10-16(18-12(2)17-14)20-9-7-15-13(11-20)6-5-8-19(15)3/h10,13,15H,4-9,11H2,1-3H3. The Morgan fingerprint density at radius 2 is 2.10 bits per heavy atom. The third kappa shape index (κ3) is 2.66. The summed E-state index contributed by atoms with van der Waals surface area (Å²) in [6.07, 6.45) is 4.97. The van der Waals surface area contributed by atoms with Crippen LogP contribution in [-0.4, -0.2) is 47.6 Å². The summed E-state index contributed by atoms with van der Waals surface area (Å²) in [7, 11) is 2.29. The van der Waals surface area contributed by atoms with E-state index in [-0.39, 0.29) is 0 Å². The zero-order valence-corrected chi connectivity index (χ0v) is 13.0. The first-order valence-electron chi connectivity index (χ1n) is 7.97. The molecule has 2 aliphatic heterocycles. The molecule has 2 atom stereocenters. The van der Waals surface area contributed by atoms with Gasteiger partial charge in [0, 0.05) is 30.9 Å². The number of aromatic nitrogens is 2. The van der Waals surface area contributed by atoms with E-state index in [1.807, 2.05) is 6.92 Å². The SMILES string of the molecule is CCc1cc(N2CCC3C(CCCN3C)C2)nc(C)n1. The first kappa shape index (κ1) is 13.8. The predicted molar refractivity (Wildman–Crippen MR) is 82.1 cm³/mol. The summed E-state index contributed by atoms with van der Waals surface area (Å²) >= 11 is 0. The van der Waals surface area contributed by atoms with Gasteiger partial charge in [0.05, 0.1) is 0 Å². The van der Waals surface area contributed by atoms with Crippen molar-refractivity contribution in [2.24, 2.45) is 5.92 Å². The van der Waals surface area contributed by atoms with Gasteiger partial charge in [-0.05, 0) is 52.1 Å². The molecule has 1 aromatic heterocycles. The Kier molecular flexibility index (Phi) is 3.92. The molecule has 2 saturated heterocycles. The van der Waals surface area contributed by atoms with Crippen molar-refractivity contribution in [3.63, 3.8) is 0 Å². The van der Waals surface area contributed by atoms with E-state index >= 15 is 0 Å². The molecule has 2 fully saturated rings. The number of fused-ring (bicyclic) bond motifs is 1. The number of hydrogen-bond donors (Lipinski definition) is 0. The van der Waals surface area contributed by atoms with Crippen LogP contribution < -0.4 is 4.90 Å². The van der Waals surface area contributed by atoms with Crippen molar-refractivity contribution in [3.05, 3.63) is 17.6 Å². The number of hydrogen-bond acceptors (Lipinski definition) is 4. The van der Waals surface area contributed by atoms with Crippen LogP contribution in [0.2, 0.25) is 0 Å². The van der Waals surface area contributed by atoms with Crippen molar-refractivity contribution in [3.8, 4) is 0 Å². The fraction of sp³-hybridized carbons (Fsp3) is 0.750. The fourth-order valence-corrected chi connectivity index (χ4v) is 3.82. The second-order valence-corrected chi connectivity index (χ2v) is 6.30. The molecule has 4 heteroatoms. The molecule has 3 heterocycles. The van der Waals surface area contributed by atoms with Crippen LogP contribution in [0, 0.1) is 12.8 Å². The van der Waals surface area contributed by atoms with Gasteiger partial charge in [0.2, 0.25) is 0 Å². The van der Waals surface area contributed by atoms with Gasteiger partial charge in [-0.2, -0.15) is 0 Å². The average Bonchev–Trinajstić information content (AvgIpc) is 2.46. The Morgan fingerprint density at radius 1 is 1.25 bits per heavy atom. The normalized spacial score (nSPS) is 27.4. The fourth-order valence-electron chi connectivity index (χ4n) is 3.82. The summed E-state index contributed by atoms with van der Waals surface area (Å²) < 4.78 is 0. The Labute approximate surface area is 122 Å². The maximum absolute atomic E-state index is 4.66. The van der Waals surface area contributed by atoms with Gasteiger partial charge in [-0.25, -0.2) is 9.97 Å². The molecular formula is C16H26N4. The molecule has 0 spiro atoms. The molecule has 0 bridgehead atoms. The van der Waals surface area contributed by atoms with Crippen molar-refractivity contribution in [1.82, 2.24) is 14.9 Å². The highest BCUT2D eigenvalue weighted by Gasteiger charge is 2.34. The quantitative estimate of drug-likeness (QED) is 0.828. The molecule has 1 aromatic rings. The van der Waals surface area contributed by atoms with Gasteiger partial charge in [-0.15, -0.1) is 0 Å². The van der Waals surface area contributed by atoms with Gasteiger partial charge in [0.25, 0.3) is 0 Å². The van der Waals surface area contributed by atoms with E-state index in [0.29, 0.717) is 0 Å². The van der Waals surface area contributed by atoms with Crippen LogP contribution in [0.15, 0.2) is 6.07 Å². The van der Waals surface area contributed by atoms with Gasteiger partial charge in [0.15, 0.2) is 0 Å².